The summed E-state index contributed by atoms with van der Waals surface area (Å²) >= 11 is 0. The molecule has 1 atom stereocenters. The van der Waals surface area contributed by atoms with Gasteiger partial charge in [0.1, 0.15) is 11.6 Å². The summed E-state index contributed by atoms with van der Waals surface area (Å²) in [7, 11) is -3.48. The Hall–Kier alpha value is -2.23. The number of anilines is 2. The van der Waals surface area contributed by atoms with E-state index in [-0.39, 0.29) is 12.4 Å². The van der Waals surface area contributed by atoms with Crippen molar-refractivity contribution in [2.75, 3.05) is 49.1 Å². The molecule has 0 spiro atoms. The van der Waals surface area contributed by atoms with Gasteiger partial charge in [-0.2, -0.15) is 17.4 Å². The summed E-state index contributed by atoms with van der Waals surface area (Å²) in [5.41, 5.74) is 1.91. The summed E-state index contributed by atoms with van der Waals surface area (Å²) in [5, 5.41) is 0. The topological polar surface area (TPSA) is 68.8 Å². The molecule has 0 saturated carbocycles. The Morgan fingerprint density at radius 1 is 1.06 bits per heavy atom. The minimum absolute atomic E-state index is 0.228. The summed E-state index contributed by atoms with van der Waals surface area (Å²) in [6.07, 6.45) is 3.72. The van der Waals surface area contributed by atoms with Crippen LogP contribution < -0.4 is 14.5 Å². The van der Waals surface area contributed by atoms with Crippen LogP contribution in [0.15, 0.2) is 42.6 Å². The third-order valence-corrected chi connectivity index (χ3v) is 7.54. The molecule has 0 radical (unpaired) electrons. The smallest absolute Gasteiger partial charge is 0.279 e. The fourth-order valence-corrected chi connectivity index (χ4v) is 5.57. The van der Waals surface area contributed by atoms with Gasteiger partial charge in [-0.05, 0) is 60.7 Å². The molecule has 168 valence electrons. The second-order valence-corrected chi connectivity index (χ2v) is 10.2. The molecule has 3 heterocycles. The Morgan fingerprint density at radius 2 is 1.77 bits per heavy atom. The Balaban J connectivity index is 1.34. The van der Waals surface area contributed by atoms with Gasteiger partial charge in [-0.25, -0.2) is 9.37 Å². The lowest BCUT2D eigenvalue weighted by atomic mass is 10.0. The number of nitrogens with zero attached hydrogens (tertiary/aromatic N) is 4. The number of aromatic nitrogens is 1. The Bertz CT molecular complexity index is 978. The van der Waals surface area contributed by atoms with E-state index in [2.05, 4.69) is 26.4 Å². The maximum atomic E-state index is 13.2. The molecule has 31 heavy (non-hydrogen) atoms. The van der Waals surface area contributed by atoms with Crippen LogP contribution in [0.25, 0.3) is 0 Å². The van der Waals surface area contributed by atoms with Gasteiger partial charge in [-0.15, -0.1) is 0 Å². The molecule has 9 heteroatoms. The van der Waals surface area contributed by atoms with E-state index in [0.717, 1.165) is 56.1 Å². The zero-order valence-corrected chi connectivity index (χ0v) is 18.7. The minimum Gasteiger partial charge on any atom is -0.368 e. The number of pyridine rings is 1. The van der Waals surface area contributed by atoms with Crippen molar-refractivity contribution in [3.63, 3.8) is 0 Å². The van der Waals surface area contributed by atoms with Gasteiger partial charge in [0.15, 0.2) is 0 Å². The Morgan fingerprint density at radius 3 is 2.48 bits per heavy atom. The fraction of sp³-hybridized carbons (Fsp3) is 0.500. The standard InChI is InChI=1S/C22H30FN5O2S/c1-18-3-2-10-28(17-18)31(29,30)25-16-19-8-9-24-22(15-19)27-13-11-26(12-14-27)21-6-4-20(23)5-7-21/h4-9,15,18,25H,2-3,10-14,16-17H2,1H3. The third-order valence-electron chi connectivity index (χ3n) is 6.02. The summed E-state index contributed by atoms with van der Waals surface area (Å²) in [5.74, 6) is 1.02. The summed E-state index contributed by atoms with van der Waals surface area (Å²) in [6, 6.07) is 10.4. The maximum Gasteiger partial charge on any atom is 0.279 e. The first-order chi connectivity index (χ1) is 14.9. The number of hydrogen-bond acceptors (Lipinski definition) is 5. The first-order valence-corrected chi connectivity index (χ1v) is 12.3. The molecule has 1 N–H and O–H groups in total. The van der Waals surface area contributed by atoms with Crippen molar-refractivity contribution in [2.24, 2.45) is 5.92 Å². The quantitative estimate of drug-likeness (QED) is 0.737. The van der Waals surface area contributed by atoms with Crippen LogP contribution >= 0.6 is 0 Å². The van der Waals surface area contributed by atoms with Crippen LogP contribution in [0.3, 0.4) is 0 Å². The van der Waals surface area contributed by atoms with Gasteiger partial charge in [-0.1, -0.05) is 6.92 Å². The first-order valence-electron chi connectivity index (χ1n) is 10.9. The zero-order chi connectivity index (χ0) is 21.8. The predicted molar refractivity (Wildman–Crippen MR) is 121 cm³/mol. The minimum atomic E-state index is -3.48. The van der Waals surface area contributed by atoms with E-state index >= 15 is 0 Å². The number of piperazine rings is 1. The largest absolute Gasteiger partial charge is 0.368 e. The van der Waals surface area contributed by atoms with Gasteiger partial charge in [0.05, 0.1) is 0 Å². The maximum absolute atomic E-state index is 13.2. The molecule has 0 aliphatic carbocycles. The average Bonchev–Trinajstić information content (AvgIpc) is 2.79. The molecule has 2 saturated heterocycles. The lowest BCUT2D eigenvalue weighted by molar-refractivity contribution is 0.278. The van der Waals surface area contributed by atoms with E-state index < -0.39 is 10.2 Å². The second kappa shape index (κ2) is 9.50. The van der Waals surface area contributed by atoms with Crippen molar-refractivity contribution in [2.45, 2.75) is 26.3 Å². The van der Waals surface area contributed by atoms with Crippen LogP contribution in [0.2, 0.25) is 0 Å². The van der Waals surface area contributed by atoms with Crippen molar-refractivity contribution in [1.29, 1.82) is 0 Å². The monoisotopic (exact) mass is 447 g/mol. The Kier molecular flexibility index (Phi) is 6.74. The van der Waals surface area contributed by atoms with Gasteiger partial charge >= 0.3 is 0 Å². The SMILES string of the molecule is CC1CCCN(S(=O)(=O)NCc2ccnc(N3CCN(c4ccc(F)cc4)CC3)c2)C1. The van der Waals surface area contributed by atoms with Crippen LogP contribution in [0, 0.1) is 11.7 Å². The van der Waals surface area contributed by atoms with Crippen LogP contribution in [0.5, 0.6) is 0 Å². The predicted octanol–water partition coefficient (Wildman–Crippen LogP) is 2.61. The summed E-state index contributed by atoms with van der Waals surface area (Å²) in [6.45, 7) is 6.73. The van der Waals surface area contributed by atoms with Crippen LogP contribution in [0.1, 0.15) is 25.3 Å². The van der Waals surface area contributed by atoms with E-state index in [1.165, 1.54) is 12.1 Å². The number of benzene rings is 1. The molecule has 4 rings (SSSR count). The van der Waals surface area contributed by atoms with Crippen molar-refractivity contribution in [3.05, 3.63) is 54.0 Å². The lowest BCUT2D eigenvalue weighted by Gasteiger charge is -2.36. The molecule has 2 fully saturated rings. The number of rotatable bonds is 6. The molecule has 7 nitrogen and oxygen atoms in total. The summed E-state index contributed by atoms with van der Waals surface area (Å²) in [4.78, 5) is 8.92. The van der Waals surface area contributed by atoms with E-state index in [1.807, 2.05) is 12.1 Å². The fourth-order valence-electron chi connectivity index (χ4n) is 4.22. The number of hydrogen-bond donors (Lipinski definition) is 1. The summed E-state index contributed by atoms with van der Waals surface area (Å²) < 4.78 is 42.7. The van der Waals surface area contributed by atoms with Gasteiger partial charge in [-0.3, -0.25) is 0 Å². The second-order valence-electron chi connectivity index (χ2n) is 8.40. The van der Waals surface area contributed by atoms with E-state index in [4.69, 9.17) is 0 Å². The average molecular weight is 448 g/mol. The van der Waals surface area contributed by atoms with Gasteiger partial charge in [0.25, 0.3) is 10.2 Å². The van der Waals surface area contributed by atoms with Crippen molar-refractivity contribution in [3.8, 4) is 0 Å². The van der Waals surface area contributed by atoms with Crippen LogP contribution in [-0.2, 0) is 16.8 Å². The van der Waals surface area contributed by atoms with Crippen molar-refractivity contribution >= 4 is 21.7 Å². The van der Waals surface area contributed by atoms with Gasteiger partial charge in [0, 0.05) is 57.7 Å². The van der Waals surface area contributed by atoms with Crippen molar-refractivity contribution in [1.82, 2.24) is 14.0 Å². The normalized spacial score (nSPS) is 20.8. The van der Waals surface area contributed by atoms with Crippen LogP contribution in [-0.4, -0.2) is 57.0 Å². The molecular weight excluding hydrogens is 417 g/mol. The Labute approximate surface area is 184 Å². The molecule has 0 amide bonds. The number of nitrogens with one attached hydrogen (secondary N) is 1. The lowest BCUT2D eigenvalue weighted by Crippen LogP contribution is -2.47. The number of piperidine rings is 1. The molecule has 1 unspecified atom stereocenters. The zero-order valence-electron chi connectivity index (χ0n) is 17.9. The molecule has 1 aromatic heterocycles. The highest BCUT2D eigenvalue weighted by molar-refractivity contribution is 7.87. The molecule has 2 aromatic rings. The molecule has 1 aromatic carbocycles. The van der Waals surface area contributed by atoms with E-state index in [9.17, 15) is 12.8 Å². The van der Waals surface area contributed by atoms with E-state index in [1.54, 1.807) is 22.6 Å². The number of halogens is 1. The highest BCUT2D eigenvalue weighted by Crippen LogP contribution is 2.21. The molecule has 2 aliphatic heterocycles. The van der Waals surface area contributed by atoms with E-state index in [0.29, 0.717) is 19.0 Å². The van der Waals surface area contributed by atoms with Gasteiger partial charge < -0.3 is 9.80 Å². The highest BCUT2D eigenvalue weighted by atomic mass is 32.2. The third kappa shape index (κ3) is 5.53. The first kappa shape index (κ1) is 22.0. The van der Waals surface area contributed by atoms with Gasteiger partial charge in [0.2, 0.25) is 0 Å². The highest BCUT2D eigenvalue weighted by Gasteiger charge is 2.26. The van der Waals surface area contributed by atoms with Crippen LogP contribution in [0.4, 0.5) is 15.9 Å². The molecule has 0 bridgehead atoms. The molecular formula is C22H30FN5O2S. The molecule has 2 aliphatic rings. The van der Waals surface area contributed by atoms with Crippen molar-refractivity contribution < 1.29 is 12.8 Å².